The van der Waals surface area contributed by atoms with Crippen LogP contribution in [-0.2, 0) is 0 Å². The van der Waals surface area contributed by atoms with E-state index in [9.17, 15) is 0 Å². The Morgan fingerprint density at radius 1 is 0.612 bits per heavy atom. The maximum atomic E-state index is 6.74. The number of rotatable bonds is 8. The molecule has 3 heterocycles. The Hall–Kier alpha value is -5.16. The first kappa shape index (κ1) is 32.4. The van der Waals surface area contributed by atoms with E-state index in [0.717, 1.165) is 45.4 Å². The van der Waals surface area contributed by atoms with Gasteiger partial charge in [0.05, 0.1) is 22.4 Å². The average Bonchev–Trinajstić information content (AvgIpc) is 3.56. The van der Waals surface area contributed by atoms with Gasteiger partial charge < -0.3 is 4.74 Å². The Balaban J connectivity index is 1.35. The van der Waals surface area contributed by atoms with Gasteiger partial charge in [-0.3, -0.25) is 4.57 Å². The van der Waals surface area contributed by atoms with Crippen LogP contribution in [0, 0.1) is 20.8 Å². The molecule has 0 fully saturated rings. The second-order valence-electron chi connectivity index (χ2n) is 14.3. The minimum atomic E-state index is 0.311. The van der Waals surface area contributed by atoms with E-state index >= 15 is 0 Å². The molecule has 0 aliphatic carbocycles. The number of hydrogen-bond donors (Lipinski definition) is 0. The van der Waals surface area contributed by atoms with Crippen LogP contribution in [0.1, 0.15) is 92.9 Å². The molecule has 4 aromatic carbocycles. The molecule has 7 aromatic rings. The lowest BCUT2D eigenvalue weighted by atomic mass is 9.84. The number of aryl methyl sites for hydroxylation is 2. The molecule has 248 valence electrons. The van der Waals surface area contributed by atoms with Crippen LogP contribution < -0.4 is 4.74 Å². The molecule has 5 heteroatoms. The van der Waals surface area contributed by atoms with E-state index in [-0.39, 0.29) is 0 Å². The summed E-state index contributed by atoms with van der Waals surface area (Å²) < 4.78 is 11.1. The predicted octanol–water partition coefficient (Wildman–Crippen LogP) is 12.1. The first-order valence-corrected chi connectivity index (χ1v) is 17.5. The van der Waals surface area contributed by atoms with E-state index in [1.54, 1.807) is 0 Å². The normalized spacial score (nSPS) is 11.9. The number of ether oxygens (including phenoxy) is 1. The molecule has 0 atom stereocenters. The highest BCUT2D eigenvalue weighted by Crippen LogP contribution is 2.41. The van der Waals surface area contributed by atoms with Crippen LogP contribution >= 0.6 is 0 Å². The molecule has 0 N–H and O–H groups in total. The zero-order valence-corrected chi connectivity index (χ0v) is 30.2. The van der Waals surface area contributed by atoms with Gasteiger partial charge in [0.25, 0.3) is 0 Å². The molecular weight excluding hydrogens is 601 g/mol. The summed E-state index contributed by atoms with van der Waals surface area (Å²) in [7, 11) is 0. The van der Waals surface area contributed by atoms with Gasteiger partial charge in [-0.1, -0.05) is 77.9 Å². The topological polar surface area (TPSA) is 44.9 Å². The van der Waals surface area contributed by atoms with Gasteiger partial charge >= 0.3 is 0 Å². The molecule has 0 aliphatic rings. The summed E-state index contributed by atoms with van der Waals surface area (Å²) in [4.78, 5) is 4.75. The van der Waals surface area contributed by atoms with E-state index in [1.807, 2.05) is 12.3 Å². The molecule has 0 spiro atoms. The highest BCUT2D eigenvalue weighted by Gasteiger charge is 2.23. The first-order valence-electron chi connectivity index (χ1n) is 17.5. The van der Waals surface area contributed by atoms with Gasteiger partial charge in [0.15, 0.2) is 0 Å². The smallest absolute Gasteiger partial charge is 0.137 e. The van der Waals surface area contributed by atoms with Crippen molar-refractivity contribution in [2.75, 3.05) is 0 Å². The third kappa shape index (κ3) is 5.82. The summed E-state index contributed by atoms with van der Waals surface area (Å²) in [6, 6.07) is 32.3. The fourth-order valence-electron chi connectivity index (χ4n) is 7.26. The third-order valence-corrected chi connectivity index (χ3v) is 9.75. The summed E-state index contributed by atoms with van der Waals surface area (Å²) in [5.41, 5.74) is 13.0. The van der Waals surface area contributed by atoms with Gasteiger partial charge in [0.2, 0.25) is 0 Å². The fraction of sp³-hybridized carbons (Fsp3) is 0.273. The van der Waals surface area contributed by atoms with Crippen LogP contribution in [-0.4, -0.2) is 19.3 Å². The monoisotopic (exact) mass is 646 g/mol. The molecule has 0 bridgehead atoms. The lowest BCUT2D eigenvalue weighted by Gasteiger charge is -2.20. The molecule has 0 amide bonds. The Labute approximate surface area is 290 Å². The van der Waals surface area contributed by atoms with Crippen molar-refractivity contribution in [3.63, 3.8) is 0 Å². The Kier molecular flexibility index (Phi) is 8.40. The summed E-state index contributed by atoms with van der Waals surface area (Å²) in [5, 5.41) is 7.53. The average molecular weight is 647 g/mol. The van der Waals surface area contributed by atoms with Crippen LogP contribution in [0.2, 0.25) is 0 Å². The van der Waals surface area contributed by atoms with Gasteiger partial charge in [0.1, 0.15) is 17.3 Å². The van der Waals surface area contributed by atoms with Crippen molar-refractivity contribution in [3.05, 3.63) is 131 Å². The summed E-state index contributed by atoms with van der Waals surface area (Å²) >= 11 is 0. The molecule has 7 rings (SSSR count). The molecule has 0 unspecified atom stereocenters. The largest absolute Gasteiger partial charge is 0.457 e. The van der Waals surface area contributed by atoms with Crippen molar-refractivity contribution in [2.24, 2.45) is 0 Å². The van der Waals surface area contributed by atoms with Gasteiger partial charge in [-0.25, -0.2) is 9.67 Å². The zero-order chi connectivity index (χ0) is 34.6. The maximum absolute atomic E-state index is 6.74. The fourth-order valence-corrected chi connectivity index (χ4v) is 7.26. The molecule has 49 heavy (non-hydrogen) atoms. The Morgan fingerprint density at radius 3 is 2.02 bits per heavy atom. The summed E-state index contributed by atoms with van der Waals surface area (Å²) in [6.45, 7) is 20.0. The zero-order valence-electron chi connectivity index (χ0n) is 30.2. The van der Waals surface area contributed by atoms with E-state index < -0.39 is 0 Å². The van der Waals surface area contributed by atoms with Gasteiger partial charge in [-0.2, -0.15) is 5.10 Å². The van der Waals surface area contributed by atoms with Crippen LogP contribution in [0.15, 0.2) is 97.2 Å². The molecular formula is C44H46N4O. The molecule has 3 aromatic heterocycles. The number of aromatic nitrogens is 4. The maximum Gasteiger partial charge on any atom is 0.137 e. The van der Waals surface area contributed by atoms with E-state index in [2.05, 4.69) is 156 Å². The van der Waals surface area contributed by atoms with Gasteiger partial charge in [-0.15, -0.1) is 0 Å². The van der Waals surface area contributed by atoms with Crippen molar-refractivity contribution in [1.82, 2.24) is 19.3 Å². The Morgan fingerprint density at radius 2 is 1.33 bits per heavy atom. The van der Waals surface area contributed by atoms with Crippen molar-refractivity contribution < 1.29 is 4.74 Å². The molecule has 0 saturated carbocycles. The lowest BCUT2D eigenvalue weighted by Crippen LogP contribution is -2.03. The van der Waals surface area contributed by atoms with Crippen LogP contribution in [0.25, 0.3) is 44.4 Å². The SMILES string of the molecule is Cc1ccnc(-n2c3ccccc3c3ccc(Oc4cc(C(C)C)cc(-n5nc(C)c(-c6c(C(C)C)cccc6C(C)C)c5C)c4)cc32)c1. The van der Waals surface area contributed by atoms with Gasteiger partial charge in [-0.05, 0) is 109 Å². The second-order valence-corrected chi connectivity index (χ2v) is 14.3. The number of fused-ring (bicyclic) bond motifs is 3. The lowest BCUT2D eigenvalue weighted by molar-refractivity contribution is 0.481. The van der Waals surface area contributed by atoms with Crippen LogP contribution in [0.4, 0.5) is 0 Å². The van der Waals surface area contributed by atoms with Crippen molar-refractivity contribution in [1.29, 1.82) is 0 Å². The quantitative estimate of drug-likeness (QED) is 0.165. The molecule has 0 saturated heterocycles. The van der Waals surface area contributed by atoms with Crippen molar-refractivity contribution in [3.8, 4) is 34.1 Å². The van der Waals surface area contributed by atoms with E-state index in [4.69, 9.17) is 14.8 Å². The molecule has 0 radical (unpaired) electrons. The van der Waals surface area contributed by atoms with Crippen molar-refractivity contribution in [2.45, 2.75) is 80.1 Å². The number of benzene rings is 4. The minimum absolute atomic E-state index is 0.311. The first-order chi connectivity index (χ1) is 23.5. The Bertz CT molecular complexity index is 2310. The third-order valence-electron chi connectivity index (χ3n) is 9.75. The van der Waals surface area contributed by atoms with E-state index in [0.29, 0.717) is 17.8 Å². The summed E-state index contributed by atoms with van der Waals surface area (Å²) in [5.74, 6) is 3.57. The van der Waals surface area contributed by atoms with Gasteiger partial charge in [0, 0.05) is 40.4 Å². The standard InChI is InChI=1S/C44H46N4O/c1-26(2)32-22-33(48-31(9)43(30(8)46-48)44-36(27(3)4)14-12-15-37(44)28(5)6)24-35(23-32)49-34-17-18-39-38-13-10-11-16-40(38)47(41(39)25-34)42-21-29(7)19-20-45-42/h10-28H,1-9H3. The predicted molar refractivity (Wildman–Crippen MR) is 204 cm³/mol. The minimum Gasteiger partial charge on any atom is -0.457 e. The van der Waals surface area contributed by atoms with Crippen molar-refractivity contribution >= 4 is 21.8 Å². The highest BCUT2D eigenvalue weighted by molar-refractivity contribution is 6.09. The number of pyridine rings is 1. The van der Waals surface area contributed by atoms with Crippen LogP contribution in [0.3, 0.4) is 0 Å². The molecule has 5 nitrogen and oxygen atoms in total. The number of hydrogen-bond acceptors (Lipinski definition) is 3. The summed E-state index contributed by atoms with van der Waals surface area (Å²) in [6.07, 6.45) is 1.88. The van der Waals surface area contributed by atoms with E-state index in [1.165, 1.54) is 44.2 Å². The van der Waals surface area contributed by atoms with Crippen LogP contribution in [0.5, 0.6) is 11.5 Å². The number of para-hydroxylation sites is 1. The molecule has 0 aliphatic heterocycles. The highest BCUT2D eigenvalue weighted by atomic mass is 16.5. The number of nitrogens with zero attached hydrogens (tertiary/aromatic N) is 4. The second kappa shape index (κ2) is 12.7.